The molecule has 0 aliphatic carbocycles. The Bertz CT molecular complexity index is 986. The van der Waals surface area contributed by atoms with Gasteiger partial charge in [0, 0.05) is 7.05 Å². The predicted molar refractivity (Wildman–Crippen MR) is 95.0 cm³/mol. The van der Waals surface area contributed by atoms with Crippen LogP contribution in [0.3, 0.4) is 0 Å². The van der Waals surface area contributed by atoms with Crippen LogP contribution in [0.2, 0.25) is 0 Å². The second-order valence-electron chi connectivity index (χ2n) is 5.32. The highest BCUT2D eigenvalue weighted by molar-refractivity contribution is 7.16. The van der Waals surface area contributed by atoms with Gasteiger partial charge in [0.05, 0.1) is 30.0 Å². The van der Waals surface area contributed by atoms with Gasteiger partial charge in [-0.15, -0.1) is 0 Å². The molecule has 2 aromatic carbocycles. The molecule has 124 valence electrons. The van der Waals surface area contributed by atoms with Gasteiger partial charge in [-0.2, -0.15) is 4.99 Å². The average Bonchev–Trinajstić information content (AvgIpc) is 2.91. The minimum Gasteiger partial charge on any atom is -0.493 e. The predicted octanol–water partition coefficient (Wildman–Crippen LogP) is 3.31. The maximum absolute atomic E-state index is 12.7. The Morgan fingerprint density at radius 3 is 2.54 bits per heavy atom. The van der Waals surface area contributed by atoms with E-state index in [0.29, 0.717) is 21.9 Å². The molecule has 3 aromatic rings. The summed E-state index contributed by atoms with van der Waals surface area (Å²) >= 11 is 1.49. The third kappa shape index (κ3) is 2.69. The monoisotopic (exact) mass is 342 g/mol. The number of aryl methyl sites for hydroxylation is 2. The first-order valence-electron chi connectivity index (χ1n) is 7.42. The van der Waals surface area contributed by atoms with Crippen LogP contribution in [0.1, 0.15) is 15.9 Å². The lowest BCUT2D eigenvalue weighted by molar-refractivity contribution is 0.0994. The molecule has 0 saturated carbocycles. The Morgan fingerprint density at radius 2 is 1.88 bits per heavy atom. The van der Waals surface area contributed by atoms with Crippen molar-refractivity contribution in [3.63, 3.8) is 0 Å². The van der Waals surface area contributed by atoms with E-state index in [-0.39, 0.29) is 5.91 Å². The van der Waals surface area contributed by atoms with Crippen LogP contribution in [-0.4, -0.2) is 24.7 Å². The molecule has 0 radical (unpaired) electrons. The topological polar surface area (TPSA) is 52.8 Å². The molecule has 0 fully saturated rings. The summed E-state index contributed by atoms with van der Waals surface area (Å²) in [5.74, 6) is 0.550. The maximum Gasteiger partial charge on any atom is 0.283 e. The summed E-state index contributed by atoms with van der Waals surface area (Å²) in [5.41, 5.74) is 2.62. The van der Waals surface area contributed by atoms with E-state index in [4.69, 9.17) is 9.47 Å². The van der Waals surface area contributed by atoms with Gasteiger partial charge < -0.3 is 14.0 Å². The van der Waals surface area contributed by atoms with Crippen LogP contribution in [0.15, 0.2) is 41.4 Å². The molecule has 0 atom stereocenters. The van der Waals surface area contributed by atoms with Crippen molar-refractivity contribution in [1.82, 2.24) is 4.57 Å². The van der Waals surface area contributed by atoms with Crippen molar-refractivity contribution in [3.8, 4) is 11.5 Å². The second kappa shape index (κ2) is 6.49. The molecule has 1 heterocycles. The number of para-hydroxylation sites is 2. The Hall–Kier alpha value is -2.60. The van der Waals surface area contributed by atoms with Crippen molar-refractivity contribution in [2.24, 2.45) is 12.0 Å². The number of carbonyl (C=O) groups excluding carboxylic acids is 1. The fourth-order valence-corrected chi connectivity index (χ4v) is 3.80. The SMILES string of the molecule is COc1cccc(C(=O)N=c2sc3cccc(C)c3n2C)c1OC. The van der Waals surface area contributed by atoms with Crippen LogP contribution in [-0.2, 0) is 7.05 Å². The minimum atomic E-state index is -0.356. The number of ether oxygens (including phenoxy) is 2. The van der Waals surface area contributed by atoms with Gasteiger partial charge in [0.2, 0.25) is 0 Å². The van der Waals surface area contributed by atoms with Gasteiger partial charge in [-0.05, 0) is 30.7 Å². The molecule has 0 aliphatic heterocycles. The van der Waals surface area contributed by atoms with E-state index in [2.05, 4.69) is 4.99 Å². The van der Waals surface area contributed by atoms with Gasteiger partial charge in [0.1, 0.15) is 0 Å². The molecule has 0 unspecified atom stereocenters. The highest BCUT2D eigenvalue weighted by Crippen LogP contribution is 2.31. The summed E-state index contributed by atoms with van der Waals surface area (Å²) < 4.78 is 13.6. The number of aromatic nitrogens is 1. The summed E-state index contributed by atoms with van der Waals surface area (Å²) in [6, 6.07) is 11.3. The normalized spacial score (nSPS) is 11.8. The molecule has 6 heteroatoms. The summed E-state index contributed by atoms with van der Waals surface area (Å²) in [5, 5.41) is 0. The Balaban J connectivity index is 2.15. The number of hydrogen-bond acceptors (Lipinski definition) is 4. The summed E-state index contributed by atoms with van der Waals surface area (Å²) in [6.07, 6.45) is 0. The lowest BCUT2D eigenvalue weighted by atomic mass is 10.2. The molecule has 0 N–H and O–H groups in total. The Labute approximate surface area is 143 Å². The molecule has 1 aromatic heterocycles. The van der Waals surface area contributed by atoms with E-state index in [1.165, 1.54) is 25.6 Å². The van der Waals surface area contributed by atoms with E-state index in [9.17, 15) is 4.79 Å². The fourth-order valence-electron chi connectivity index (χ4n) is 2.71. The van der Waals surface area contributed by atoms with Crippen LogP contribution >= 0.6 is 11.3 Å². The van der Waals surface area contributed by atoms with Crippen LogP contribution in [0, 0.1) is 6.92 Å². The molecule has 0 saturated heterocycles. The number of fused-ring (bicyclic) bond motifs is 1. The van der Waals surface area contributed by atoms with Gasteiger partial charge in [0.25, 0.3) is 5.91 Å². The lowest BCUT2D eigenvalue weighted by Crippen LogP contribution is -2.14. The number of benzene rings is 2. The van der Waals surface area contributed by atoms with Crippen molar-refractivity contribution >= 4 is 27.5 Å². The van der Waals surface area contributed by atoms with Crippen molar-refractivity contribution in [2.75, 3.05) is 14.2 Å². The number of carbonyl (C=O) groups is 1. The summed E-state index contributed by atoms with van der Waals surface area (Å²) in [6.45, 7) is 2.05. The van der Waals surface area contributed by atoms with Crippen molar-refractivity contribution < 1.29 is 14.3 Å². The number of nitrogens with zero attached hydrogens (tertiary/aromatic N) is 2. The molecule has 0 spiro atoms. The number of methoxy groups -OCH3 is 2. The van der Waals surface area contributed by atoms with Crippen LogP contribution < -0.4 is 14.3 Å². The number of thiazole rings is 1. The Kier molecular flexibility index (Phi) is 4.40. The van der Waals surface area contributed by atoms with Crippen molar-refractivity contribution in [3.05, 3.63) is 52.3 Å². The van der Waals surface area contributed by atoms with E-state index >= 15 is 0 Å². The number of rotatable bonds is 3. The molecule has 0 bridgehead atoms. The van der Waals surface area contributed by atoms with Gasteiger partial charge in [0.15, 0.2) is 16.3 Å². The third-order valence-electron chi connectivity index (χ3n) is 3.85. The van der Waals surface area contributed by atoms with Gasteiger partial charge in [-0.25, -0.2) is 0 Å². The Morgan fingerprint density at radius 1 is 1.12 bits per heavy atom. The highest BCUT2D eigenvalue weighted by atomic mass is 32.1. The molecule has 24 heavy (non-hydrogen) atoms. The van der Waals surface area contributed by atoms with E-state index in [1.807, 2.05) is 36.7 Å². The van der Waals surface area contributed by atoms with Crippen LogP contribution in [0.4, 0.5) is 0 Å². The smallest absolute Gasteiger partial charge is 0.283 e. The summed E-state index contributed by atoms with van der Waals surface area (Å²) in [7, 11) is 4.97. The molecule has 3 rings (SSSR count). The third-order valence-corrected chi connectivity index (χ3v) is 4.95. The first-order valence-corrected chi connectivity index (χ1v) is 8.23. The zero-order chi connectivity index (χ0) is 17.3. The largest absolute Gasteiger partial charge is 0.493 e. The molecular formula is C18H18N2O3S. The second-order valence-corrected chi connectivity index (χ2v) is 6.33. The molecule has 0 aliphatic rings. The zero-order valence-corrected chi connectivity index (χ0v) is 14.8. The van der Waals surface area contributed by atoms with Crippen LogP contribution in [0.5, 0.6) is 11.5 Å². The van der Waals surface area contributed by atoms with E-state index in [1.54, 1.807) is 18.2 Å². The molecule has 5 nitrogen and oxygen atoms in total. The van der Waals surface area contributed by atoms with E-state index in [0.717, 1.165) is 15.8 Å². The van der Waals surface area contributed by atoms with Crippen molar-refractivity contribution in [1.29, 1.82) is 0 Å². The maximum atomic E-state index is 12.7. The van der Waals surface area contributed by atoms with Crippen LogP contribution in [0.25, 0.3) is 10.2 Å². The quantitative estimate of drug-likeness (QED) is 0.734. The van der Waals surface area contributed by atoms with Gasteiger partial charge in [-0.1, -0.05) is 29.5 Å². The van der Waals surface area contributed by atoms with E-state index < -0.39 is 0 Å². The van der Waals surface area contributed by atoms with Crippen molar-refractivity contribution in [2.45, 2.75) is 6.92 Å². The first-order chi connectivity index (χ1) is 11.6. The molecule has 1 amide bonds. The highest BCUT2D eigenvalue weighted by Gasteiger charge is 2.16. The zero-order valence-electron chi connectivity index (χ0n) is 14.0. The summed E-state index contributed by atoms with van der Waals surface area (Å²) in [4.78, 5) is 17.6. The molecular weight excluding hydrogens is 324 g/mol. The standard InChI is InChI=1S/C18H18N2O3S/c1-11-7-5-10-14-15(11)20(2)18(24-14)19-17(21)12-8-6-9-13(22-3)16(12)23-4/h5-10H,1-4H3. The number of hydrogen-bond donors (Lipinski definition) is 0. The van der Waals surface area contributed by atoms with Gasteiger partial charge in [-0.3, -0.25) is 4.79 Å². The van der Waals surface area contributed by atoms with Gasteiger partial charge >= 0.3 is 0 Å². The number of amides is 1. The lowest BCUT2D eigenvalue weighted by Gasteiger charge is -2.09. The minimum absolute atomic E-state index is 0.356. The fraction of sp³-hybridized carbons (Fsp3) is 0.222. The first kappa shape index (κ1) is 16.3. The average molecular weight is 342 g/mol.